The van der Waals surface area contributed by atoms with Gasteiger partial charge in [-0.25, -0.2) is 4.39 Å². The van der Waals surface area contributed by atoms with Crippen LogP contribution in [0.15, 0.2) is 0 Å². The van der Waals surface area contributed by atoms with Crippen LogP contribution in [0.25, 0.3) is 0 Å². The van der Waals surface area contributed by atoms with Gasteiger partial charge in [0.05, 0.1) is 5.60 Å². The fourth-order valence-corrected chi connectivity index (χ4v) is 4.04. The SMILES string of the molecule is FC1(C2CCOC3(CCCCC3)C2)CCNC1. The minimum atomic E-state index is -0.950. The molecule has 3 rings (SSSR count). The zero-order chi connectivity index (χ0) is 11.8. The molecule has 3 aliphatic rings. The molecule has 2 atom stereocenters. The second-order valence-electron chi connectivity index (χ2n) is 6.24. The number of alkyl halides is 1. The van der Waals surface area contributed by atoms with Gasteiger partial charge in [0.2, 0.25) is 0 Å². The summed E-state index contributed by atoms with van der Waals surface area (Å²) in [5, 5.41) is 3.19. The van der Waals surface area contributed by atoms with Gasteiger partial charge < -0.3 is 10.1 Å². The maximum Gasteiger partial charge on any atom is 0.127 e. The van der Waals surface area contributed by atoms with Crippen LogP contribution >= 0.6 is 0 Å². The molecule has 1 aliphatic carbocycles. The van der Waals surface area contributed by atoms with Crippen LogP contribution in [0.3, 0.4) is 0 Å². The molecule has 0 aromatic heterocycles. The fraction of sp³-hybridized carbons (Fsp3) is 1.00. The second kappa shape index (κ2) is 4.51. The van der Waals surface area contributed by atoms with Crippen LogP contribution in [0.1, 0.15) is 51.4 Å². The topological polar surface area (TPSA) is 21.3 Å². The molecular formula is C14H24FNO. The van der Waals surface area contributed by atoms with Gasteiger partial charge in [0, 0.05) is 13.2 Å². The molecule has 1 saturated carbocycles. The zero-order valence-electron chi connectivity index (χ0n) is 10.6. The maximum absolute atomic E-state index is 14.8. The first-order chi connectivity index (χ1) is 8.23. The van der Waals surface area contributed by atoms with Crippen molar-refractivity contribution in [3.8, 4) is 0 Å². The van der Waals surface area contributed by atoms with E-state index >= 15 is 0 Å². The molecule has 2 heterocycles. The lowest BCUT2D eigenvalue weighted by atomic mass is 9.71. The highest BCUT2D eigenvalue weighted by molar-refractivity contribution is 5.00. The lowest BCUT2D eigenvalue weighted by Gasteiger charge is -2.46. The molecule has 3 fully saturated rings. The average molecular weight is 241 g/mol. The smallest absolute Gasteiger partial charge is 0.127 e. The van der Waals surface area contributed by atoms with E-state index in [-0.39, 0.29) is 11.5 Å². The third-order valence-electron chi connectivity index (χ3n) is 5.13. The Kier molecular flexibility index (Phi) is 3.16. The summed E-state index contributed by atoms with van der Waals surface area (Å²) in [4.78, 5) is 0. The molecule has 2 nitrogen and oxygen atoms in total. The number of ether oxygens (including phenoxy) is 1. The van der Waals surface area contributed by atoms with Crippen molar-refractivity contribution in [3.63, 3.8) is 0 Å². The Morgan fingerprint density at radius 2 is 1.94 bits per heavy atom. The van der Waals surface area contributed by atoms with E-state index in [2.05, 4.69) is 5.32 Å². The Morgan fingerprint density at radius 1 is 1.12 bits per heavy atom. The van der Waals surface area contributed by atoms with Crippen LogP contribution in [0.4, 0.5) is 4.39 Å². The Labute approximate surface area is 103 Å². The predicted molar refractivity (Wildman–Crippen MR) is 65.8 cm³/mol. The summed E-state index contributed by atoms with van der Waals surface area (Å²) in [6.07, 6.45) is 8.77. The molecule has 0 aromatic rings. The lowest BCUT2D eigenvalue weighted by Crippen LogP contribution is -2.48. The summed E-state index contributed by atoms with van der Waals surface area (Å²) >= 11 is 0. The van der Waals surface area contributed by atoms with Crippen LogP contribution in [-0.2, 0) is 4.74 Å². The van der Waals surface area contributed by atoms with Crippen molar-refractivity contribution in [3.05, 3.63) is 0 Å². The van der Waals surface area contributed by atoms with E-state index < -0.39 is 5.67 Å². The molecule has 3 heteroatoms. The molecule has 17 heavy (non-hydrogen) atoms. The van der Waals surface area contributed by atoms with E-state index in [4.69, 9.17) is 4.74 Å². The molecule has 0 radical (unpaired) electrons. The van der Waals surface area contributed by atoms with Gasteiger partial charge in [0.25, 0.3) is 0 Å². The average Bonchev–Trinajstić information content (AvgIpc) is 2.79. The third-order valence-corrected chi connectivity index (χ3v) is 5.13. The first-order valence-electron chi connectivity index (χ1n) is 7.26. The number of nitrogens with one attached hydrogen (secondary N) is 1. The summed E-state index contributed by atoms with van der Waals surface area (Å²) in [5.41, 5.74) is -0.906. The van der Waals surface area contributed by atoms with E-state index in [1.165, 1.54) is 19.3 Å². The molecule has 1 N–H and O–H groups in total. The highest BCUT2D eigenvalue weighted by Crippen LogP contribution is 2.46. The first kappa shape index (κ1) is 11.9. The molecule has 0 aromatic carbocycles. The van der Waals surface area contributed by atoms with Gasteiger partial charge in [0.1, 0.15) is 5.67 Å². The molecule has 2 aliphatic heterocycles. The minimum Gasteiger partial charge on any atom is -0.375 e. The largest absolute Gasteiger partial charge is 0.375 e. The standard InChI is InChI=1S/C14H24FNO/c15-14(7-8-16-11-14)12-4-9-17-13(10-12)5-2-1-3-6-13/h12,16H,1-11H2. The van der Waals surface area contributed by atoms with Crippen molar-refractivity contribution in [2.45, 2.75) is 62.6 Å². The molecule has 2 unspecified atom stereocenters. The maximum atomic E-state index is 14.8. The van der Waals surface area contributed by atoms with E-state index in [0.29, 0.717) is 13.0 Å². The van der Waals surface area contributed by atoms with Crippen LogP contribution in [-0.4, -0.2) is 31.0 Å². The van der Waals surface area contributed by atoms with Gasteiger partial charge in [-0.2, -0.15) is 0 Å². The van der Waals surface area contributed by atoms with Crippen LogP contribution in [0.2, 0.25) is 0 Å². The Morgan fingerprint density at radius 3 is 2.65 bits per heavy atom. The quantitative estimate of drug-likeness (QED) is 0.762. The van der Waals surface area contributed by atoms with Crippen molar-refractivity contribution in [2.24, 2.45) is 5.92 Å². The summed E-state index contributed by atoms with van der Waals surface area (Å²) < 4.78 is 20.9. The Hall–Kier alpha value is -0.150. The summed E-state index contributed by atoms with van der Waals surface area (Å²) in [5.74, 6) is 0.226. The van der Waals surface area contributed by atoms with Gasteiger partial charge in [-0.1, -0.05) is 19.3 Å². The molecule has 1 spiro atoms. The summed E-state index contributed by atoms with van der Waals surface area (Å²) in [6.45, 7) is 2.19. The monoisotopic (exact) mass is 241 g/mol. The molecule has 0 amide bonds. The van der Waals surface area contributed by atoms with E-state index in [1.54, 1.807) is 0 Å². The van der Waals surface area contributed by atoms with E-state index in [0.717, 1.165) is 38.8 Å². The lowest BCUT2D eigenvalue weighted by molar-refractivity contribution is -0.138. The fourth-order valence-electron chi connectivity index (χ4n) is 4.04. The molecule has 98 valence electrons. The second-order valence-corrected chi connectivity index (χ2v) is 6.24. The normalized spacial score (nSPS) is 41.8. The van der Waals surface area contributed by atoms with Crippen molar-refractivity contribution < 1.29 is 9.13 Å². The van der Waals surface area contributed by atoms with Crippen LogP contribution < -0.4 is 5.32 Å². The minimum absolute atomic E-state index is 0.0445. The summed E-state index contributed by atoms with van der Waals surface area (Å²) in [6, 6.07) is 0. The molecule has 0 bridgehead atoms. The predicted octanol–water partition coefficient (Wildman–Crippen LogP) is 2.82. The van der Waals surface area contributed by atoms with E-state index in [9.17, 15) is 4.39 Å². The number of hydrogen-bond donors (Lipinski definition) is 1. The van der Waals surface area contributed by atoms with Crippen molar-refractivity contribution in [2.75, 3.05) is 19.7 Å². The van der Waals surface area contributed by atoms with Crippen molar-refractivity contribution >= 4 is 0 Å². The first-order valence-corrected chi connectivity index (χ1v) is 7.26. The third kappa shape index (κ3) is 2.24. The molecular weight excluding hydrogens is 217 g/mol. The van der Waals surface area contributed by atoms with Crippen molar-refractivity contribution in [1.29, 1.82) is 0 Å². The number of halogens is 1. The van der Waals surface area contributed by atoms with E-state index in [1.807, 2.05) is 0 Å². The van der Waals surface area contributed by atoms with Crippen LogP contribution in [0.5, 0.6) is 0 Å². The van der Waals surface area contributed by atoms with Gasteiger partial charge in [0.15, 0.2) is 0 Å². The van der Waals surface area contributed by atoms with Crippen molar-refractivity contribution in [1.82, 2.24) is 5.32 Å². The van der Waals surface area contributed by atoms with Crippen LogP contribution in [0, 0.1) is 5.92 Å². The zero-order valence-corrected chi connectivity index (χ0v) is 10.6. The summed E-state index contributed by atoms with van der Waals surface area (Å²) in [7, 11) is 0. The van der Waals surface area contributed by atoms with Gasteiger partial charge in [-0.15, -0.1) is 0 Å². The Balaban J connectivity index is 1.70. The Bertz CT molecular complexity index is 264. The highest BCUT2D eigenvalue weighted by Gasteiger charge is 2.48. The van der Waals surface area contributed by atoms with Gasteiger partial charge in [-0.05, 0) is 44.6 Å². The van der Waals surface area contributed by atoms with Gasteiger partial charge in [-0.3, -0.25) is 0 Å². The van der Waals surface area contributed by atoms with Gasteiger partial charge >= 0.3 is 0 Å². The number of rotatable bonds is 1. The number of hydrogen-bond acceptors (Lipinski definition) is 2. The molecule has 2 saturated heterocycles. The highest BCUT2D eigenvalue weighted by atomic mass is 19.1.